The van der Waals surface area contributed by atoms with Gasteiger partial charge in [-0.1, -0.05) is 0 Å². The summed E-state index contributed by atoms with van der Waals surface area (Å²) in [6.45, 7) is 2.25. The molecule has 0 spiro atoms. The van der Waals surface area contributed by atoms with E-state index >= 15 is 0 Å². The molecule has 0 aliphatic carbocycles. The molecule has 0 N–H and O–H groups in total. The zero-order valence-electron chi connectivity index (χ0n) is 7.79. The fourth-order valence-electron chi connectivity index (χ4n) is 1.73. The average molecular weight is 259 g/mol. The molecule has 1 aromatic rings. The Bertz CT molecular complexity index is 319. The minimum atomic E-state index is -0.639. The van der Waals surface area contributed by atoms with Crippen molar-refractivity contribution < 1.29 is 4.39 Å². The zero-order valence-corrected chi connectivity index (χ0v) is 9.37. The van der Waals surface area contributed by atoms with Crippen LogP contribution < -0.4 is 0 Å². The Kier molecular flexibility index (Phi) is 3.13. The van der Waals surface area contributed by atoms with E-state index < -0.39 is 6.17 Å². The van der Waals surface area contributed by atoms with Gasteiger partial charge in [0.1, 0.15) is 10.8 Å². The van der Waals surface area contributed by atoms with Crippen molar-refractivity contribution in [3.8, 4) is 0 Å². The van der Waals surface area contributed by atoms with Gasteiger partial charge in [-0.25, -0.2) is 9.37 Å². The highest BCUT2D eigenvalue weighted by Crippen LogP contribution is 2.16. The summed E-state index contributed by atoms with van der Waals surface area (Å²) in [6, 6.07) is 3.95. The number of rotatable bonds is 2. The second kappa shape index (κ2) is 4.36. The molecule has 2 rings (SSSR count). The SMILES string of the molecule is FC1CCN(Cc2ccnc(Br)c2)C1. The van der Waals surface area contributed by atoms with Crippen molar-refractivity contribution >= 4 is 15.9 Å². The molecule has 1 fully saturated rings. The monoisotopic (exact) mass is 258 g/mol. The molecule has 1 aliphatic rings. The van der Waals surface area contributed by atoms with Gasteiger partial charge in [0.25, 0.3) is 0 Å². The summed E-state index contributed by atoms with van der Waals surface area (Å²) in [5, 5.41) is 0. The molecule has 1 aromatic heterocycles. The van der Waals surface area contributed by atoms with Gasteiger partial charge < -0.3 is 0 Å². The molecule has 0 amide bonds. The van der Waals surface area contributed by atoms with Crippen LogP contribution in [0.2, 0.25) is 0 Å². The third kappa shape index (κ3) is 2.51. The van der Waals surface area contributed by atoms with E-state index in [-0.39, 0.29) is 0 Å². The van der Waals surface area contributed by atoms with Crippen LogP contribution in [0, 0.1) is 0 Å². The van der Waals surface area contributed by atoms with Crippen LogP contribution in [-0.4, -0.2) is 29.1 Å². The zero-order chi connectivity index (χ0) is 9.97. The number of alkyl halides is 1. The van der Waals surface area contributed by atoms with Crippen molar-refractivity contribution in [2.45, 2.75) is 19.1 Å². The van der Waals surface area contributed by atoms with Crippen molar-refractivity contribution in [3.05, 3.63) is 28.5 Å². The summed E-state index contributed by atoms with van der Waals surface area (Å²) in [7, 11) is 0. The van der Waals surface area contributed by atoms with E-state index in [0.717, 1.165) is 17.7 Å². The highest BCUT2D eigenvalue weighted by Gasteiger charge is 2.21. The number of likely N-dealkylation sites (tertiary alicyclic amines) is 1. The molecule has 0 saturated carbocycles. The van der Waals surface area contributed by atoms with Crippen LogP contribution in [0.3, 0.4) is 0 Å². The Labute approximate surface area is 91.3 Å². The second-order valence-electron chi connectivity index (χ2n) is 3.61. The summed E-state index contributed by atoms with van der Waals surface area (Å²) >= 11 is 3.32. The number of hydrogen-bond donors (Lipinski definition) is 0. The lowest BCUT2D eigenvalue weighted by molar-refractivity contribution is 0.282. The van der Waals surface area contributed by atoms with E-state index in [4.69, 9.17) is 0 Å². The smallest absolute Gasteiger partial charge is 0.114 e. The molecular weight excluding hydrogens is 247 g/mol. The third-order valence-corrected chi connectivity index (χ3v) is 2.85. The molecule has 2 heterocycles. The predicted octanol–water partition coefficient (Wildman–Crippen LogP) is 2.39. The number of halogens is 2. The number of nitrogens with zero attached hydrogens (tertiary/aromatic N) is 2. The minimum absolute atomic E-state index is 0.569. The highest BCUT2D eigenvalue weighted by molar-refractivity contribution is 9.10. The van der Waals surface area contributed by atoms with E-state index in [1.807, 2.05) is 12.1 Å². The lowest BCUT2D eigenvalue weighted by Crippen LogP contribution is -2.20. The minimum Gasteiger partial charge on any atom is -0.296 e. The molecule has 4 heteroatoms. The van der Waals surface area contributed by atoms with Crippen molar-refractivity contribution in [1.29, 1.82) is 0 Å². The third-order valence-electron chi connectivity index (χ3n) is 2.41. The van der Waals surface area contributed by atoms with E-state index in [2.05, 4.69) is 25.8 Å². The molecule has 0 radical (unpaired) electrons. The van der Waals surface area contributed by atoms with Crippen LogP contribution in [-0.2, 0) is 6.54 Å². The fourth-order valence-corrected chi connectivity index (χ4v) is 2.14. The van der Waals surface area contributed by atoms with Crippen LogP contribution in [0.5, 0.6) is 0 Å². The summed E-state index contributed by atoms with van der Waals surface area (Å²) in [5.74, 6) is 0. The summed E-state index contributed by atoms with van der Waals surface area (Å²) < 4.78 is 13.7. The molecule has 76 valence electrons. The van der Waals surface area contributed by atoms with Gasteiger partial charge in [-0.3, -0.25) is 4.90 Å². The first-order valence-corrected chi connectivity index (χ1v) is 5.50. The Balaban J connectivity index is 1.97. The molecule has 1 atom stereocenters. The number of hydrogen-bond acceptors (Lipinski definition) is 2. The first-order valence-electron chi connectivity index (χ1n) is 4.71. The maximum absolute atomic E-state index is 12.9. The molecule has 1 unspecified atom stereocenters. The Morgan fingerprint density at radius 1 is 1.64 bits per heavy atom. The fraction of sp³-hybridized carbons (Fsp3) is 0.500. The van der Waals surface area contributed by atoms with Crippen LogP contribution in [0.15, 0.2) is 22.9 Å². The largest absolute Gasteiger partial charge is 0.296 e. The van der Waals surface area contributed by atoms with Crippen molar-refractivity contribution in [2.75, 3.05) is 13.1 Å². The molecule has 0 bridgehead atoms. The van der Waals surface area contributed by atoms with Crippen LogP contribution in [0.25, 0.3) is 0 Å². The number of aromatic nitrogens is 1. The van der Waals surface area contributed by atoms with Crippen molar-refractivity contribution in [2.24, 2.45) is 0 Å². The van der Waals surface area contributed by atoms with E-state index in [9.17, 15) is 4.39 Å². The quantitative estimate of drug-likeness (QED) is 0.758. The van der Waals surface area contributed by atoms with E-state index in [1.54, 1.807) is 6.20 Å². The topological polar surface area (TPSA) is 16.1 Å². The van der Waals surface area contributed by atoms with Gasteiger partial charge >= 0.3 is 0 Å². The molecule has 1 saturated heterocycles. The lowest BCUT2D eigenvalue weighted by atomic mass is 10.2. The first-order chi connectivity index (χ1) is 6.74. The average Bonchev–Trinajstić information content (AvgIpc) is 2.51. The van der Waals surface area contributed by atoms with Gasteiger partial charge in [0.05, 0.1) is 0 Å². The van der Waals surface area contributed by atoms with Crippen molar-refractivity contribution in [1.82, 2.24) is 9.88 Å². The summed E-state index contributed by atoms with van der Waals surface area (Å²) in [6.07, 6.45) is 1.80. The summed E-state index contributed by atoms with van der Waals surface area (Å²) in [4.78, 5) is 6.18. The van der Waals surface area contributed by atoms with Gasteiger partial charge in [0.15, 0.2) is 0 Å². The van der Waals surface area contributed by atoms with Crippen LogP contribution in [0.1, 0.15) is 12.0 Å². The summed E-state index contributed by atoms with van der Waals surface area (Å²) in [5.41, 5.74) is 1.18. The lowest BCUT2D eigenvalue weighted by Gasteiger charge is -2.14. The molecule has 14 heavy (non-hydrogen) atoms. The molecular formula is C10H12BrFN2. The maximum atomic E-state index is 12.9. The normalized spacial score (nSPS) is 22.9. The van der Waals surface area contributed by atoms with Gasteiger partial charge in [-0.2, -0.15) is 0 Å². The highest BCUT2D eigenvalue weighted by atomic mass is 79.9. The maximum Gasteiger partial charge on any atom is 0.114 e. The van der Waals surface area contributed by atoms with Gasteiger partial charge in [-0.05, 0) is 40.0 Å². The molecule has 1 aliphatic heterocycles. The first kappa shape index (κ1) is 10.1. The van der Waals surface area contributed by atoms with E-state index in [1.165, 1.54) is 5.56 Å². The predicted molar refractivity (Wildman–Crippen MR) is 56.7 cm³/mol. The van der Waals surface area contributed by atoms with Crippen LogP contribution >= 0.6 is 15.9 Å². The Morgan fingerprint density at radius 2 is 2.50 bits per heavy atom. The standard InChI is InChI=1S/C10H12BrFN2/c11-10-5-8(1-3-13-10)6-14-4-2-9(12)7-14/h1,3,5,9H,2,4,6-7H2. The van der Waals surface area contributed by atoms with Crippen molar-refractivity contribution in [3.63, 3.8) is 0 Å². The second-order valence-corrected chi connectivity index (χ2v) is 4.42. The molecule has 2 nitrogen and oxygen atoms in total. The number of pyridine rings is 1. The molecule has 0 aromatic carbocycles. The van der Waals surface area contributed by atoms with Gasteiger partial charge in [-0.15, -0.1) is 0 Å². The van der Waals surface area contributed by atoms with E-state index in [0.29, 0.717) is 13.0 Å². The van der Waals surface area contributed by atoms with Gasteiger partial charge in [0, 0.05) is 25.8 Å². The van der Waals surface area contributed by atoms with Gasteiger partial charge in [0.2, 0.25) is 0 Å². The Hall–Kier alpha value is -0.480. The Morgan fingerprint density at radius 3 is 3.14 bits per heavy atom. The van der Waals surface area contributed by atoms with Crippen LogP contribution in [0.4, 0.5) is 4.39 Å².